The molecule has 1 amide bonds. The minimum atomic E-state index is -0.318. The van der Waals surface area contributed by atoms with Crippen LogP contribution in [0.25, 0.3) is 0 Å². The monoisotopic (exact) mass is 195 g/mol. The van der Waals surface area contributed by atoms with Crippen molar-refractivity contribution in [3.05, 3.63) is 35.6 Å². The largest absolute Gasteiger partial charge is 0.370 e. The van der Waals surface area contributed by atoms with Crippen molar-refractivity contribution in [2.24, 2.45) is 5.73 Å². The van der Waals surface area contributed by atoms with Gasteiger partial charge in [0.15, 0.2) is 0 Å². The van der Waals surface area contributed by atoms with Crippen molar-refractivity contribution in [1.82, 2.24) is 0 Å². The van der Waals surface area contributed by atoms with Crippen molar-refractivity contribution >= 4 is 5.91 Å². The summed E-state index contributed by atoms with van der Waals surface area (Å²) in [6.45, 7) is 1.98. The van der Waals surface area contributed by atoms with Gasteiger partial charge in [0.1, 0.15) is 5.82 Å². The van der Waals surface area contributed by atoms with Gasteiger partial charge in [0.25, 0.3) is 0 Å². The number of carbonyl (C=O) groups excluding carboxylic acids is 1. The number of primary amides is 1. The topological polar surface area (TPSA) is 43.1 Å². The van der Waals surface area contributed by atoms with E-state index in [9.17, 15) is 9.18 Å². The number of hydrogen-bond acceptors (Lipinski definition) is 1. The molecule has 0 radical (unpaired) electrons. The number of amides is 1. The van der Waals surface area contributed by atoms with E-state index in [2.05, 4.69) is 0 Å². The van der Waals surface area contributed by atoms with Crippen LogP contribution >= 0.6 is 0 Å². The predicted molar refractivity (Wildman–Crippen MR) is 53.2 cm³/mol. The summed E-state index contributed by atoms with van der Waals surface area (Å²) in [5.41, 5.74) is 6.09. The fourth-order valence-electron chi connectivity index (χ4n) is 1.48. The van der Waals surface area contributed by atoms with Crippen LogP contribution in [0.1, 0.15) is 31.2 Å². The standard InChI is InChI=1S/C11H14FNO/c1-2-8(7-11(13)14)9-3-5-10(12)6-4-9/h3-6,8H,2,7H2,1H3,(H2,13,14)/t8-/m0/s1. The summed E-state index contributed by atoms with van der Waals surface area (Å²) in [5, 5.41) is 0. The lowest BCUT2D eigenvalue weighted by atomic mass is 9.93. The minimum absolute atomic E-state index is 0.105. The molecule has 76 valence electrons. The molecule has 1 rings (SSSR count). The van der Waals surface area contributed by atoms with Gasteiger partial charge in [-0.25, -0.2) is 4.39 Å². The highest BCUT2D eigenvalue weighted by atomic mass is 19.1. The van der Waals surface area contributed by atoms with Crippen molar-refractivity contribution in [2.75, 3.05) is 0 Å². The van der Waals surface area contributed by atoms with Gasteiger partial charge >= 0.3 is 0 Å². The third-order valence-electron chi connectivity index (χ3n) is 2.28. The molecule has 0 aliphatic rings. The van der Waals surface area contributed by atoms with Gasteiger partial charge in [-0.2, -0.15) is 0 Å². The van der Waals surface area contributed by atoms with Crippen LogP contribution in [0.2, 0.25) is 0 Å². The van der Waals surface area contributed by atoms with E-state index >= 15 is 0 Å². The Hall–Kier alpha value is -1.38. The molecule has 1 aromatic rings. The second-order valence-electron chi connectivity index (χ2n) is 3.33. The number of benzene rings is 1. The van der Waals surface area contributed by atoms with Crippen molar-refractivity contribution in [3.63, 3.8) is 0 Å². The van der Waals surface area contributed by atoms with Crippen LogP contribution in [-0.4, -0.2) is 5.91 Å². The Kier molecular flexibility index (Phi) is 3.63. The third-order valence-corrected chi connectivity index (χ3v) is 2.28. The summed E-state index contributed by atoms with van der Waals surface area (Å²) < 4.78 is 12.6. The molecule has 0 bridgehead atoms. The molecule has 0 aliphatic carbocycles. The fraction of sp³-hybridized carbons (Fsp3) is 0.364. The number of nitrogens with two attached hydrogens (primary N) is 1. The summed E-state index contributed by atoms with van der Waals surface area (Å²) in [5.74, 6) is -0.475. The van der Waals surface area contributed by atoms with E-state index in [0.717, 1.165) is 12.0 Å². The lowest BCUT2D eigenvalue weighted by molar-refractivity contribution is -0.118. The average molecular weight is 195 g/mol. The van der Waals surface area contributed by atoms with Gasteiger partial charge < -0.3 is 5.73 Å². The van der Waals surface area contributed by atoms with E-state index in [1.807, 2.05) is 6.92 Å². The van der Waals surface area contributed by atoms with E-state index in [0.29, 0.717) is 6.42 Å². The minimum Gasteiger partial charge on any atom is -0.370 e. The van der Waals surface area contributed by atoms with Crippen molar-refractivity contribution in [2.45, 2.75) is 25.7 Å². The van der Waals surface area contributed by atoms with Gasteiger partial charge in [0, 0.05) is 6.42 Å². The van der Waals surface area contributed by atoms with E-state index < -0.39 is 0 Å². The quantitative estimate of drug-likeness (QED) is 0.786. The first-order chi connectivity index (χ1) is 6.63. The molecular formula is C11H14FNO. The van der Waals surface area contributed by atoms with Crippen LogP contribution < -0.4 is 5.73 Å². The molecule has 1 aromatic carbocycles. The first kappa shape index (κ1) is 10.7. The van der Waals surface area contributed by atoms with Crippen LogP contribution in [0, 0.1) is 5.82 Å². The Balaban J connectivity index is 2.78. The molecule has 0 fully saturated rings. The molecule has 0 aliphatic heterocycles. The van der Waals surface area contributed by atoms with Crippen LogP contribution in [-0.2, 0) is 4.79 Å². The number of carbonyl (C=O) groups is 1. The zero-order valence-corrected chi connectivity index (χ0v) is 8.16. The fourth-order valence-corrected chi connectivity index (χ4v) is 1.48. The number of hydrogen-bond donors (Lipinski definition) is 1. The van der Waals surface area contributed by atoms with Gasteiger partial charge in [0.05, 0.1) is 0 Å². The average Bonchev–Trinajstić information content (AvgIpc) is 2.15. The van der Waals surface area contributed by atoms with Crippen LogP contribution in [0.3, 0.4) is 0 Å². The molecule has 0 saturated heterocycles. The molecule has 2 N–H and O–H groups in total. The Morgan fingerprint density at radius 3 is 2.43 bits per heavy atom. The highest BCUT2D eigenvalue weighted by Crippen LogP contribution is 2.22. The molecule has 1 atom stereocenters. The lowest BCUT2D eigenvalue weighted by Crippen LogP contribution is -2.14. The van der Waals surface area contributed by atoms with Crippen LogP contribution in [0.15, 0.2) is 24.3 Å². The smallest absolute Gasteiger partial charge is 0.218 e. The summed E-state index contributed by atoms with van der Waals surface area (Å²) in [7, 11) is 0. The van der Waals surface area contributed by atoms with Crippen molar-refractivity contribution in [1.29, 1.82) is 0 Å². The summed E-state index contributed by atoms with van der Waals surface area (Å²) in [6, 6.07) is 6.21. The second kappa shape index (κ2) is 4.74. The zero-order valence-electron chi connectivity index (χ0n) is 8.16. The van der Waals surface area contributed by atoms with Gasteiger partial charge in [-0.15, -0.1) is 0 Å². The Bertz CT molecular complexity index is 308. The first-order valence-electron chi connectivity index (χ1n) is 4.67. The van der Waals surface area contributed by atoms with E-state index in [4.69, 9.17) is 5.73 Å². The molecule has 3 heteroatoms. The molecule has 2 nitrogen and oxygen atoms in total. The summed E-state index contributed by atoms with van der Waals surface area (Å²) in [6.07, 6.45) is 1.15. The first-order valence-corrected chi connectivity index (χ1v) is 4.67. The SMILES string of the molecule is CC[C@@H](CC(N)=O)c1ccc(F)cc1. The molecule has 0 unspecified atom stereocenters. The highest BCUT2D eigenvalue weighted by molar-refractivity contribution is 5.74. The predicted octanol–water partition coefficient (Wildman–Crippen LogP) is 2.19. The van der Waals surface area contributed by atoms with E-state index in [1.54, 1.807) is 12.1 Å². The molecular weight excluding hydrogens is 181 g/mol. The molecule has 0 heterocycles. The Labute approximate surface area is 82.9 Å². The maximum absolute atomic E-state index is 12.6. The van der Waals surface area contributed by atoms with Crippen molar-refractivity contribution < 1.29 is 9.18 Å². The van der Waals surface area contributed by atoms with Crippen LogP contribution in [0.4, 0.5) is 4.39 Å². The molecule has 0 aromatic heterocycles. The maximum Gasteiger partial charge on any atom is 0.218 e. The molecule has 0 spiro atoms. The van der Waals surface area contributed by atoms with Gasteiger partial charge in [-0.1, -0.05) is 19.1 Å². The van der Waals surface area contributed by atoms with Gasteiger partial charge in [-0.05, 0) is 30.0 Å². The third kappa shape index (κ3) is 2.83. The normalized spacial score (nSPS) is 12.4. The van der Waals surface area contributed by atoms with Gasteiger partial charge in [0.2, 0.25) is 5.91 Å². The summed E-state index contributed by atoms with van der Waals surface area (Å²) >= 11 is 0. The lowest BCUT2D eigenvalue weighted by Gasteiger charge is -2.12. The Morgan fingerprint density at radius 1 is 1.43 bits per heavy atom. The Morgan fingerprint density at radius 2 is 2.00 bits per heavy atom. The summed E-state index contributed by atoms with van der Waals surface area (Å²) in [4.78, 5) is 10.8. The van der Waals surface area contributed by atoms with Crippen LogP contribution in [0.5, 0.6) is 0 Å². The van der Waals surface area contributed by atoms with Crippen molar-refractivity contribution in [3.8, 4) is 0 Å². The van der Waals surface area contributed by atoms with Gasteiger partial charge in [-0.3, -0.25) is 4.79 Å². The highest BCUT2D eigenvalue weighted by Gasteiger charge is 2.11. The number of rotatable bonds is 4. The zero-order chi connectivity index (χ0) is 10.6. The molecule has 14 heavy (non-hydrogen) atoms. The molecule has 0 saturated carbocycles. The number of halogens is 1. The maximum atomic E-state index is 12.6. The van der Waals surface area contributed by atoms with E-state index in [-0.39, 0.29) is 17.6 Å². The second-order valence-corrected chi connectivity index (χ2v) is 3.33. The van der Waals surface area contributed by atoms with E-state index in [1.165, 1.54) is 12.1 Å².